The molecule has 1 aliphatic rings. The monoisotopic (exact) mass is 391 g/mol. The van der Waals surface area contributed by atoms with Gasteiger partial charge in [-0.05, 0) is 32.3 Å². The molecule has 2 heterocycles. The highest BCUT2D eigenvalue weighted by atomic mass is 16.1. The summed E-state index contributed by atoms with van der Waals surface area (Å²) in [5, 5.41) is 12.2. The number of nitrogens with zero attached hydrogens (tertiary/aromatic N) is 3. The van der Waals surface area contributed by atoms with E-state index in [0.29, 0.717) is 11.6 Å². The largest absolute Gasteiger partial charge is 0.381 e. The molecule has 152 valence electrons. The number of rotatable bonds is 6. The first-order chi connectivity index (χ1) is 14.2. The van der Waals surface area contributed by atoms with E-state index in [9.17, 15) is 4.79 Å². The number of aryl methyl sites for hydroxylation is 1. The minimum atomic E-state index is -0.113. The van der Waals surface area contributed by atoms with Crippen molar-refractivity contribution in [3.8, 4) is 0 Å². The first-order valence-corrected chi connectivity index (χ1v) is 10.6. The third kappa shape index (κ3) is 4.11. The molecule has 1 aliphatic carbocycles. The first-order valence-electron chi connectivity index (χ1n) is 10.6. The summed E-state index contributed by atoms with van der Waals surface area (Å²) < 4.78 is 1.87. The van der Waals surface area contributed by atoms with E-state index in [1.165, 1.54) is 19.3 Å². The van der Waals surface area contributed by atoms with Crippen molar-refractivity contribution >= 4 is 22.6 Å². The van der Waals surface area contributed by atoms with Crippen molar-refractivity contribution in [2.24, 2.45) is 0 Å². The highest BCUT2D eigenvalue weighted by molar-refractivity contribution is 6.06. The van der Waals surface area contributed by atoms with Gasteiger partial charge in [0, 0.05) is 18.8 Å². The molecule has 1 unspecified atom stereocenters. The van der Waals surface area contributed by atoms with Gasteiger partial charge in [-0.25, -0.2) is 9.67 Å². The summed E-state index contributed by atoms with van der Waals surface area (Å²) >= 11 is 0. The van der Waals surface area contributed by atoms with Crippen molar-refractivity contribution in [1.29, 1.82) is 0 Å². The van der Waals surface area contributed by atoms with Crippen molar-refractivity contribution in [3.05, 3.63) is 53.9 Å². The smallest absolute Gasteiger partial charge is 0.255 e. The molecule has 4 rings (SSSR count). The number of hydrogen-bond donors (Lipinski definition) is 2. The zero-order chi connectivity index (χ0) is 20.2. The fourth-order valence-electron chi connectivity index (χ4n) is 4.14. The van der Waals surface area contributed by atoms with E-state index in [4.69, 9.17) is 0 Å². The lowest BCUT2D eigenvalue weighted by atomic mass is 9.95. The van der Waals surface area contributed by atoms with Crippen LogP contribution in [0.25, 0.3) is 11.0 Å². The second kappa shape index (κ2) is 8.64. The van der Waals surface area contributed by atoms with E-state index in [1.54, 1.807) is 6.20 Å². The number of hydrogen-bond acceptors (Lipinski definition) is 4. The Balaban J connectivity index is 1.66. The number of aromatic nitrogens is 3. The molecule has 1 fully saturated rings. The molecule has 0 spiro atoms. The molecule has 6 nitrogen and oxygen atoms in total. The molecule has 0 radical (unpaired) electrons. The van der Waals surface area contributed by atoms with Crippen LogP contribution < -0.4 is 10.6 Å². The topological polar surface area (TPSA) is 71.8 Å². The van der Waals surface area contributed by atoms with Gasteiger partial charge < -0.3 is 10.6 Å². The predicted molar refractivity (Wildman–Crippen MR) is 116 cm³/mol. The van der Waals surface area contributed by atoms with Crippen LogP contribution in [-0.2, 0) is 6.54 Å². The Morgan fingerprint density at radius 1 is 1.17 bits per heavy atom. The molecule has 29 heavy (non-hydrogen) atoms. The van der Waals surface area contributed by atoms with Crippen LogP contribution in [0.1, 0.15) is 67.9 Å². The number of amides is 1. The third-order valence-corrected chi connectivity index (χ3v) is 5.81. The molecular formula is C23H29N5O. The van der Waals surface area contributed by atoms with E-state index in [2.05, 4.69) is 20.7 Å². The van der Waals surface area contributed by atoms with E-state index >= 15 is 0 Å². The van der Waals surface area contributed by atoms with Crippen LogP contribution in [0.2, 0.25) is 0 Å². The molecular weight excluding hydrogens is 362 g/mol. The Kier molecular flexibility index (Phi) is 5.79. The average Bonchev–Trinajstić information content (AvgIpc) is 3.19. The second-order valence-corrected chi connectivity index (χ2v) is 7.83. The Labute approximate surface area is 171 Å². The summed E-state index contributed by atoms with van der Waals surface area (Å²) in [7, 11) is 0. The quantitative estimate of drug-likeness (QED) is 0.640. The lowest BCUT2D eigenvalue weighted by Gasteiger charge is -2.25. The fourth-order valence-corrected chi connectivity index (χ4v) is 4.14. The lowest BCUT2D eigenvalue weighted by Crippen LogP contribution is -2.29. The van der Waals surface area contributed by atoms with Gasteiger partial charge in [-0.2, -0.15) is 5.10 Å². The van der Waals surface area contributed by atoms with Gasteiger partial charge in [0.2, 0.25) is 0 Å². The summed E-state index contributed by atoms with van der Waals surface area (Å²) in [6.07, 6.45) is 9.53. The molecule has 1 amide bonds. The van der Waals surface area contributed by atoms with Crippen LogP contribution in [-0.4, -0.2) is 26.7 Å². The minimum Gasteiger partial charge on any atom is -0.381 e. The number of fused-ring (bicyclic) bond motifs is 1. The standard InChI is InChI=1S/C23H29N5O/c1-3-28-22-19(15-25-28)21(27-18-12-8-5-9-13-18)20(14-24-22)23(29)26-16(2)17-10-6-4-7-11-17/h4,6-7,10-11,14-16,18H,3,5,8-9,12-13H2,1-2H3,(H,24,27)(H,26,29). The SMILES string of the molecule is CCn1ncc2c(NC3CCCCC3)c(C(=O)NC(C)c3ccccc3)cnc21. The highest BCUT2D eigenvalue weighted by Crippen LogP contribution is 2.30. The Hall–Kier alpha value is -2.89. The maximum absolute atomic E-state index is 13.2. The summed E-state index contributed by atoms with van der Waals surface area (Å²) in [6.45, 7) is 4.79. The maximum atomic E-state index is 13.2. The van der Waals surface area contributed by atoms with Crippen molar-refractivity contribution in [3.63, 3.8) is 0 Å². The van der Waals surface area contributed by atoms with E-state index < -0.39 is 0 Å². The zero-order valence-corrected chi connectivity index (χ0v) is 17.2. The molecule has 2 aromatic heterocycles. The molecule has 1 aromatic carbocycles. The molecule has 0 aliphatic heterocycles. The summed E-state index contributed by atoms with van der Waals surface area (Å²) in [4.78, 5) is 17.8. The highest BCUT2D eigenvalue weighted by Gasteiger charge is 2.22. The summed E-state index contributed by atoms with van der Waals surface area (Å²) in [6, 6.07) is 10.3. The first kappa shape index (κ1) is 19.4. The van der Waals surface area contributed by atoms with Gasteiger partial charge in [-0.15, -0.1) is 0 Å². The average molecular weight is 392 g/mol. The van der Waals surface area contributed by atoms with E-state index in [1.807, 2.05) is 55.1 Å². The zero-order valence-electron chi connectivity index (χ0n) is 17.2. The van der Waals surface area contributed by atoms with Crippen molar-refractivity contribution in [2.45, 2.75) is 64.6 Å². The van der Waals surface area contributed by atoms with Gasteiger partial charge in [0.05, 0.1) is 28.9 Å². The number of nitrogens with one attached hydrogen (secondary N) is 2. The Morgan fingerprint density at radius 2 is 1.93 bits per heavy atom. The van der Waals surface area contributed by atoms with E-state index in [-0.39, 0.29) is 11.9 Å². The molecule has 2 N–H and O–H groups in total. The molecule has 0 saturated heterocycles. The fraction of sp³-hybridized carbons (Fsp3) is 0.435. The van der Waals surface area contributed by atoms with Crippen molar-refractivity contribution in [2.75, 3.05) is 5.32 Å². The number of pyridine rings is 1. The predicted octanol–water partition coefficient (Wildman–Crippen LogP) is 4.69. The lowest BCUT2D eigenvalue weighted by molar-refractivity contribution is 0.0940. The van der Waals surface area contributed by atoms with Crippen LogP contribution in [0.15, 0.2) is 42.7 Å². The molecule has 3 aromatic rings. The van der Waals surface area contributed by atoms with Crippen LogP contribution in [0, 0.1) is 0 Å². The van der Waals surface area contributed by atoms with Crippen LogP contribution in [0.3, 0.4) is 0 Å². The number of carbonyl (C=O) groups excluding carboxylic acids is 1. The number of carbonyl (C=O) groups is 1. The van der Waals surface area contributed by atoms with Crippen molar-refractivity contribution < 1.29 is 4.79 Å². The molecule has 6 heteroatoms. The van der Waals surface area contributed by atoms with E-state index in [0.717, 1.165) is 41.7 Å². The number of benzene rings is 1. The number of anilines is 1. The Bertz CT molecular complexity index is 976. The van der Waals surface area contributed by atoms with Gasteiger partial charge in [0.25, 0.3) is 5.91 Å². The second-order valence-electron chi connectivity index (χ2n) is 7.83. The van der Waals surface area contributed by atoms with Crippen LogP contribution in [0.4, 0.5) is 5.69 Å². The van der Waals surface area contributed by atoms with Gasteiger partial charge >= 0.3 is 0 Å². The van der Waals surface area contributed by atoms with Gasteiger partial charge in [0.1, 0.15) is 0 Å². The summed E-state index contributed by atoms with van der Waals surface area (Å²) in [5.41, 5.74) is 3.34. The maximum Gasteiger partial charge on any atom is 0.255 e. The van der Waals surface area contributed by atoms with Crippen LogP contribution >= 0.6 is 0 Å². The van der Waals surface area contributed by atoms with Crippen LogP contribution in [0.5, 0.6) is 0 Å². The third-order valence-electron chi connectivity index (χ3n) is 5.81. The minimum absolute atomic E-state index is 0.0831. The van der Waals surface area contributed by atoms with Gasteiger partial charge in [-0.3, -0.25) is 4.79 Å². The normalized spacial score (nSPS) is 15.9. The molecule has 1 atom stereocenters. The van der Waals surface area contributed by atoms with Gasteiger partial charge in [-0.1, -0.05) is 49.6 Å². The Morgan fingerprint density at radius 3 is 2.66 bits per heavy atom. The van der Waals surface area contributed by atoms with Gasteiger partial charge in [0.15, 0.2) is 5.65 Å². The summed E-state index contributed by atoms with van der Waals surface area (Å²) in [5.74, 6) is -0.113. The molecule has 1 saturated carbocycles. The molecule has 0 bridgehead atoms. The van der Waals surface area contributed by atoms with Crippen molar-refractivity contribution in [1.82, 2.24) is 20.1 Å².